The van der Waals surface area contributed by atoms with Crippen molar-refractivity contribution in [1.82, 2.24) is 0 Å². The zero-order valence-corrected chi connectivity index (χ0v) is 19.1. The third-order valence-corrected chi connectivity index (χ3v) is 5.33. The molecule has 2 aromatic carbocycles. The summed E-state index contributed by atoms with van der Waals surface area (Å²) in [6.07, 6.45) is 1.59. The van der Waals surface area contributed by atoms with Gasteiger partial charge in [-0.2, -0.15) is 8.42 Å². The average molecular weight is 464 g/mol. The number of benzene rings is 2. The molecule has 0 saturated carbocycles. The van der Waals surface area contributed by atoms with E-state index in [9.17, 15) is 18.0 Å². The lowest BCUT2D eigenvalue weighted by Crippen LogP contribution is -2.10. The molecule has 0 atom stereocenters. The number of ether oxygens (including phenoxy) is 4. The Hall–Kier alpha value is -3.37. The fourth-order valence-corrected chi connectivity index (χ4v) is 3.53. The minimum atomic E-state index is -3.87. The highest BCUT2D eigenvalue weighted by molar-refractivity contribution is 7.87. The van der Waals surface area contributed by atoms with E-state index >= 15 is 0 Å². The van der Waals surface area contributed by atoms with E-state index in [1.807, 2.05) is 0 Å². The van der Waals surface area contributed by atoms with Crippen LogP contribution < -0.4 is 18.9 Å². The molecule has 2 aromatic rings. The van der Waals surface area contributed by atoms with Crippen LogP contribution in [0.5, 0.6) is 23.0 Å². The van der Waals surface area contributed by atoms with Gasteiger partial charge in [0, 0.05) is 13.8 Å². The molecule has 0 unspecified atom stereocenters. The second kappa shape index (κ2) is 10.8. The summed E-state index contributed by atoms with van der Waals surface area (Å²) in [6.45, 7) is 2.43. The standard InChI is InChI=1S/C22H24O9S/c1-14(23)30-20-8-6-16(11-22(20)31-15(2)24)10-18(13-32(25,26)29-5)17-7-9-19(27-3)21(12-17)28-4/h6-12H,13H2,1-5H3. The first-order chi connectivity index (χ1) is 15.1. The first-order valence-electron chi connectivity index (χ1n) is 9.30. The normalized spacial score (nSPS) is 11.6. The highest BCUT2D eigenvalue weighted by Crippen LogP contribution is 2.34. The van der Waals surface area contributed by atoms with Crippen LogP contribution in [-0.4, -0.2) is 47.4 Å². The van der Waals surface area contributed by atoms with E-state index in [-0.39, 0.29) is 11.5 Å². The second-order valence-electron chi connectivity index (χ2n) is 6.50. The lowest BCUT2D eigenvalue weighted by molar-refractivity contribution is -0.134. The van der Waals surface area contributed by atoms with Gasteiger partial charge < -0.3 is 18.9 Å². The van der Waals surface area contributed by atoms with Crippen LogP contribution in [0.15, 0.2) is 36.4 Å². The third-order valence-electron chi connectivity index (χ3n) is 4.16. The zero-order valence-electron chi connectivity index (χ0n) is 18.3. The maximum absolute atomic E-state index is 12.2. The molecule has 2 rings (SSSR count). The number of rotatable bonds is 9. The van der Waals surface area contributed by atoms with Crippen LogP contribution in [0.3, 0.4) is 0 Å². The maximum Gasteiger partial charge on any atom is 0.308 e. The van der Waals surface area contributed by atoms with Crippen molar-refractivity contribution >= 4 is 33.7 Å². The van der Waals surface area contributed by atoms with Crippen LogP contribution in [0.4, 0.5) is 0 Å². The highest BCUT2D eigenvalue weighted by Gasteiger charge is 2.17. The number of esters is 2. The average Bonchev–Trinajstić information content (AvgIpc) is 2.73. The largest absolute Gasteiger partial charge is 0.493 e. The Labute approximate surface area is 186 Å². The molecule has 0 aliphatic carbocycles. The van der Waals surface area contributed by atoms with Gasteiger partial charge in [0.05, 0.1) is 21.3 Å². The van der Waals surface area contributed by atoms with Crippen molar-refractivity contribution < 1.29 is 41.1 Å². The van der Waals surface area contributed by atoms with Gasteiger partial charge in [0.2, 0.25) is 0 Å². The van der Waals surface area contributed by atoms with E-state index in [2.05, 4.69) is 4.18 Å². The summed E-state index contributed by atoms with van der Waals surface area (Å²) >= 11 is 0. The molecule has 0 fully saturated rings. The van der Waals surface area contributed by atoms with Gasteiger partial charge in [-0.25, -0.2) is 0 Å². The summed E-state index contributed by atoms with van der Waals surface area (Å²) in [5.41, 5.74) is 1.41. The van der Waals surface area contributed by atoms with Crippen molar-refractivity contribution in [3.8, 4) is 23.0 Å². The first kappa shape index (κ1) is 24.9. The molecule has 9 nitrogen and oxygen atoms in total. The predicted molar refractivity (Wildman–Crippen MR) is 117 cm³/mol. The van der Waals surface area contributed by atoms with Crippen LogP contribution in [0, 0.1) is 0 Å². The van der Waals surface area contributed by atoms with Crippen LogP contribution in [0.2, 0.25) is 0 Å². The number of carbonyl (C=O) groups is 2. The van der Waals surface area contributed by atoms with Gasteiger partial charge >= 0.3 is 11.9 Å². The SMILES string of the molecule is COc1ccc(C(=Cc2ccc(OC(C)=O)c(OC(C)=O)c2)CS(=O)(=O)OC)cc1OC. The Morgan fingerprint density at radius 1 is 0.812 bits per heavy atom. The molecular formula is C22H24O9S. The van der Waals surface area contributed by atoms with Gasteiger partial charge in [0.1, 0.15) is 5.75 Å². The number of carbonyl (C=O) groups excluding carboxylic acids is 2. The zero-order chi connectivity index (χ0) is 23.9. The second-order valence-corrected chi connectivity index (χ2v) is 8.24. The quantitative estimate of drug-likeness (QED) is 0.239. The van der Waals surface area contributed by atoms with Gasteiger partial charge in [-0.3, -0.25) is 13.8 Å². The molecule has 0 aromatic heterocycles. The maximum atomic E-state index is 12.2. The topological polar surface area (TPSA) is 114 Å². The van der Waals surface area contributed by atoms with Gasteiger partial charge in [0.15, 0.2) is 23.0 Å². The van der Waals surface area contributed by atoms with Crippen LogP contribution in [0.25, 0.3) is 11.6 Å². The monoisotopic (exact) mass is 464 g/mol. The van der Waals surface area contributed by atoms with Crippen LogP contribution in [0.1, 0.15) is 25.0 Å². The number of hydrogen-bond acceptors (Lipinski definition) is 9. The summed E-state index contributed by atoms with van der Waals surface area (Å²) < 4.78 is 49.7. The van der Waals surface area contributed by atoms with Gasteiger partial charge in [-0.1, -0.05) is 12.1 Å². The summed E-state index contributed by atoms with van der Waals surface area (Å²) in [5.74, 6) is -0.664. The number of hydrogen-bond donors (Lipinski definition) is 0. The molecule has 0 N–H and O–H groups in total. The molecule has 0 amide bonds. The summed E-state index contributed by atoms with van der Waals surface area (Å²) in [7, 11) is 0.166. The van der Waals surface area contributed by atoms with E-state index in [1.165, 1.54) is 40.2 Å². The lowest BCUT2D eigenvalue weighted by atomic mass is 10.0. The Morgan fingerprint density at radius 2 is 1.41 bits per heavy atom. The van der Waals surface area contributed by atoms with Crippen molar-refractivity contribution in [2.45, 2.75) is 13.8 Å². The molecule has 0 radical (unpaired) electrons. The highest BCUT2D eigenvalue weighted by atomic mass is 32.2. The smallest absolute Gasteiger partial charge is 0.308 e. The molecule has 10 heteroatoms. The molecule has 0 heterocycles. The molecule has 0 spiro atoms. The minimum absolute atomic E-state index is 0.0164. The van der Waals surface area contributed by atoms with Gasteiger partial charge in [0.25, 0.3) is 10.1 Å². The number of methoxy groups -OCH3 is 2. The van der Waals surface area contributed by atoms with Crippen LogP contribution in [-0.2, 0) is 23.9 Å². The van der Waals surface area contributed by atoms with E-state index in [0.29, 0.717) is 28.2 Å². The van der Waals surface area contributed by atoms with E-state index in [0.717, 1.165) is 7.11 Å². The Bertz CT molecular complexity index is 1130. The van der Waals surface area contributed by atoms with Gasteiger partial charge in [-0.15, -0.1) is 0 Å². The molecule has 0 aliphatic heterocycles. The molecule has 32 heavy (non-hydrogen) atoms. The van der Waals surface area contributed by atoms with Crippen LogP contribution >= 0.6 is 0 Å². The Balaban J connectivity index is 2.62. The Morgan fingerprint density at radius 3 is 1.97 bits per heavy atom. The Kier molecular flexibility index (Phi) is 8.39. The van der Waals surface area contributed by atoms with Crippen molar-refractivity contribution in [2.24, 2.45) is 0 Å². The van der Waals surface area contributed by atoms with Crippen molar-refractivity contribution in [3.63, 3.8) is 0 Å². The minimum Gasteiger partial charge on any atom is -0.493 e. The summed E-state index contributed by atoms with van der Waals surface area (Å²) in [6, 6.07) is 9.46. The van der Waals surface area contributed by atoms with E-state index in [1.54, 1.807) is 30.3 Å². The molecule has 0 saturated heterocycles. The molecular weight excluding hydrogens is 440 g/mol. The molecule has 0 bridgehead atoms. The fraction of sp³-hybridized carbons (Fsp3) is 0.273. The summed E-state index contributed by atoms with van der Waals surface area (Å²) in [4.78, 5) is 22.8. The molecule has 0 aliphatic rings. The van der Waals surface area contributed by atoms with Crippen molar-refractivity contribution in [2.75, 3.05) is 27.1 Å². The fourth-order valence-electron chi connectivity index (χ4n) is 2.78. The molecule has 172 valence electrons. The van der Waals surface area contributed by atoms with Crippen molar-refractivity contribution in [3.05, 3.63) is 47.5 Å². The predicted octanol–water partition coefficient (Wildman–Crippen LogP) is 3.07. The van der Waals surface area contributed by atoms with E-state index in [4.69, 9.17) is 18.9 Å². The van der Waals surface area contributed by atoms with E-state index < -0.39 is 27.8 Å². The van der Waals surface area contributed by atoms with Crippen molar-refractivity contribution in [1.29, 1.82) is 0 Å². The first-order valence-corrected chi connectivity index (χ1v) is 10.9. The third kappa shape index (κ3) is 6.82. The summed E-state index contributed by atoms with van der Waals surface area (Å²) in [5, 5.41) is 0. The lowest BCUT2D eigenvalue weighted by Gasteiger charge is -2.13. The van der Waals surface area contributed by atoms with Gasteiger partial charge in [-0.05, 0) is 47.0 Å².